The minimum Gasteiger partial charge on any atom is -0.493 e. The zero-order valence-electron chi connectivity index (χ0n) is 16.5. The lowest BCUT2D eigenvalue weighted by atomic mass is 10.1. The highest BCUT2D eigenvalue weighted by atomic mass is 35.5. The predicted molar refractivity (Wildman–Crippen MR) is 116 cm³/mol. The molecule has 0 saturated heterocycles. The molecule has 31 heavy (non-hydrogen) atoms. The van der Waals surface area contributed by atoms with Gasteiger partial charge in [-0.1, -0.05) is 48.0 Å². The number of aliphatic imine (C=N–C) groups is 1. The summed E-state index contributed by atoms with van der Waals surface area (Å²) in [5.74, 6) is -0.241. The van der Waals surface area contributed by atoms with Crippen molar-refractivity contribution in [3.8, 4) is 11.5 Å². The zero-order chi connectivity index (χ0) is 21.8. The maximum absolute atomic E-state index is 14.0. The van der Waals surface area contributed by atoms with Crippen LogP contribution in [0.2, 0.25) is 5.02 Å². The summed E-state index contributed by atoms with van der Waals surface area (Å²) in [5.41, 5.74) is 1.68. The average Bonchev–Trinajstić information content (AvgIpc) is 3.13. The third kappa shape index (κ3) is 4.59. The molecule has 0 N–H and O–H groups in total. The minimum atomic E-state index is -0.656. The largest absolute Gasteiger partial charge is 0.493 e. The lowest BCUT2D eigenvalue weighted by Crippen LogP contribution is -2.07. The Bertz CT molecular complexity index is 1210. The van der Waals surface area contributed by atoms with Crippen molar-refractivity contribution in [1.29, 1.82) is 0 Å². The quantitative estimate of drug-likeness (QED) is 0.382. The Morgan fingerprint density at radius 3 is 2.61 bits per heavy atom. The van der Waals surface area contributed by atoms with Crippen LogP contribution in [0.3, 0.4) is 0 Å². The summed E-state index contributed by atoms with van der Waals surface area (Å²) in [6.45, 7) is 0.277. The van der Waals surface area contributed by atoms with Crippen LogP contribution in [0.1, 0.15) is 16.7 Å². The van der Waals surface area contributed by atoms with Crippen LogP contribution in [0.25, 0.3) is 6.08 Å². The van der Waals surface area contributed by atoms with E-state index in [1.54, 1.807) is 36.4 Å². The van der Waals surface area contributed by atoms with E-state index in [9.17, 15) is 9.18 Å². The van der Waals surface area contributed by atoms with Gasteiger partial charge in [0.15, 0.2) is 17.2 Å². The molecule has 1 heterocycles. The van der Waals surface area contributed by atoms with E-state index < -0.39 is 11.8 Å². The molecule has 0 saturated carbocycles. The van der Waals surface area contributed by atoms with Crippen molar-refractivity contribution >= 4 is 29.5 Å². The topological polar surface area (TPSA) is 57.1 Å². The van der Waals surface area contributed by atoms with Crippen molar-refractivity contribution in [3.05, 3.63) is 100.0 Å². The van der Waals surface area contributed by atoms with Gasteiger partial charge in [0.25, 0.3) is 0 Å². The van der Waals surface area contributed by atoms with E-state index in [1.165, 1.54) is 25.3 Å². The molecule has 0 aliphatic carbocycles. The number of cyclic esters (lactones) is 1. The summed E-state index contributed by atoms with van der Waals surface area (Å²) in [5, 5.41) is 0.617. The molecule has 0 aromatic heterocycles. The SMILES string of the molecule is COc1cc(/C=C2/N=C(c3ccccc3F)OC2=O)ccc1OCc1ccccc1Cl. The van der Waals surface area contributed by atoms with Crippen LogP contribution in [0.4, 0.5) is 4.39 Å². The Hall–Kier alpha value is -3.64. The van der Waals surface area contributed by atoms with Crippen molar-refractivity contribution in [3.63, 3.8) is 0 Å². The molecule has 0 unspecified atom stereocenters. The van der Waals surface area contributed by atoms with Gasteiger partial charge in [0.2, 0.25) is 5.90 Å². The Balaban J connectivity index is 1.56. The van der Waals surface area contributed by atoms with Gasteiger partial charge in [-0.05, 0) is 42.0 Å². The standard InChI is InChI=1S/C24H17ClFNO4/c1-29-22-13-15(10-11-21(22)30-14-16-6-2-4-8-18(16)25)12-20-24(28)31-23(27-20)17-7-3-5-9-19(17)26/h2-13H,14H2,1H3/b20-12+. The highest BCUT2D eigenvalue weighted by Gasteiger charge is 2.26. The first kappa shape index (κ1) is 20.6. The molecular formula is C24H17ClFNO4. The van der Waals surface area contributed by atoms with Crippen molar-refractivity contribution in [2.75, 3.05) is 7.11 Å². The fraction of sp³-hybridized carbons (Fsp3) is 0.0833. The molecule has 0 bridgehead atoms. The number of rotatable bonds is 6. The third-order valence-electron chi connectivity index (χ3n) is 4.56. The fourth-order valence-corrected chi connectivity index (χ4v) is 3.17. The molecule has 0 fully saturated rings. The van der Waals surface area contributed by atoms with Crippen molar-refractivity contribution < 1.29 is 23.4 Å². The van der Waals surface area contributed by atoms with Gasteiger partial charge < -0.3 is 14.2 Å². The summed E-state index contributed by atoms with van der Waals surface area (Å²) in [6.07, 6.45) is 1.54. The third-order valence-corrected chi connectivity index (χ3v) is 4.93. The Kier molecular flexibility index (Phi) is 6.00. The number of hydrogen-bond donors (Lipinski definition) is 0. The van der Waals surface area contributed by atoms with E-state index >= 15 is 0 Å². The Labute approximate surface area is 183 Å². The van der Waals surface area contributed by atoms with E-state index in [0.29, 0.717) is 22.1 Å². The molecule has 0 spiro atoms. The number of benzene rings is 3. The van der Waals surface area contributed by atoms with E-state index in [1.807, 2.05) is 18.2 Å². The molecule has 1 aliphatic rings. The average molecular weight is 438 g/mol. The summed E-state index contributed by atoms with van der Waals surface area (Å²) in [7, 11) is 1.52. The number of methoxy groups -OCH3 is 1. The Morgan fingerprint density at radius 1 is 1.06 bits per heavy atom. The maximum Gasteiger partial charge on any atom is 0.363 e. The van der Waals surface area contributed by atoms with Gasteiger partial charge in [-0.3, -0.25) is 0 Å². The molecule has 0 radical (unpaired) electrons. The first-order valence-corrected chi connectivity index (χ1v) is 9.74. The number of esters is 1. The zero-order valence-corrected chi connectivity index (χ0v) is 17.2. The minimum absolute atomic E-state index is 0.0602. The lowest BCUT2D eigenvalue weighted by Gasteiger charge is -2.12. The van der Waals surface area contributed by atoms with Crippen LogP contribution >= 0.6 is 11.6 Å². The molecule has 3 aromatic carbocycles. The van der Waals surface area contributed by atoms with Crippen LogP contribution in [0.5, 0.6) is 11.5 Å². The van der Waals surface area contributed by atoms with Crippen LogP contribution in [0, 0.1) is 5.82 Å². The van der Waals surface area contributed by atoms with E-state index in [-0.39, 0.29) is 23.8 Å². The van der Waals surface area contributed by atoms with E-state index in [0.717, 1.165) is 5.56 Å². The number of carbonyl (C=O) groups excluding carboxylic acids is 1. The van der Waals surface area contributed by atoms with Crippen LogP contribution in [-0.4, -0.2) is 19.0 Å². The first-order chi connectivity index (χ1) is 15.0. The van der Waals surface area contributed by atoms with Gasteiger partial charge in [0.1, 0.15) is 12.4 Å². The molecular weight excluding hydrogens is 421 g/mol. The lowest BCUT2D eigenvalue weighted by molar-refractivity contribution is -0.129. The smallest absolute Gasteiger partial charge is 0.363 e. The molecule has 3 aromatic rings. The summed E-state index contributed by atoms with van der Waals surface area (Å²) in [6, 6.07) is 18.6. The first-order valence-electron chi connectivity index (χ1n) is 9.37. The second-order valence-electron chi connectivity index (χ2n) is 6.61. The highest BCUT2D eigenvalue weighted by molar-refractivity contribution is 6.31. The molecule has 7 heteroatoms. The summed E-state index contributed by atoms with van der Waals surface area (Å²) < 4.78 is 30.3. The number of nitrogens with zero attached hydrogens (tertiary/aromatic N) is 1. The van der Waals surface area contributed by atoms with Crippen molar-refractivity contribution in [2.24, 2.45) is 4.99 Å². The molecule has 4 rings (SSSR count). The molecule has 0 atom stereocenters. The number of halogens is 2. The van der Waals surface area contributed by atoms with Crippen molar-refractivity contribution in [1.82, 2.24) is 0 Å². The van der Waals surface area contributed by atoms with Gasteiger partial charge in [-0.25, -0.2) is 14.2 Å². The highest BCUT2D eigenvalue weighted by Crippen LogP contribution is 2.31. The monoisotopic (exact) mass is 437 g/mol. The molecule has 156 valence electrons. The van der Waals surface area contributed by atoms with Gasteiger partial charge >= 0.3 is 5.97 Å². The summed E-state index contributed by atoms with van der Waals surface area (Å²) >= 11 is 6.17. The number of carbonyl (C=O) groups is 1. The predicted octanol–water partition coefficient (Wildman–Crippen LogP) is 5.41. The van der Waals surface area contributed by atoms with Crippen LogP contribution in [0.15, 0.2) is 77.4 Å². The van der Waals surface area contributed by atoms with Gasteiger partial charge in [0.05, 0.1) is 12.7 Å². The fourth-order valence-electron chi connectivity index (χ4n) is 2.98. The maximum atomic E-state index is 14.0. The van der Waals surface area contributed by atoms with Crippen LogP contribution in [-0.2, 0) is 16.1 Å². The van der Waals surface area contributed by atoms with Gasteiger partial charge in [-0.2, -0.15) is 0 Å². The normalized spacial score (nSPS) is 14.4. The summed E-state index contributed by atoms with van der Waals surface area (Å²) in [4.78, 5) is 16.3. The van der Waals surface area contributed by atoms with Gasteiger partial charge in [-0.15, -0.1) is 0 Å². The van der Waals surface area contributed by atoms with Crippen LogP contribution < -0.4 is 9.47 Å². The number of ether oxygens (including phenoxy) is 3. The second kappa shape index (κ2) is 9.02. The van der Waals surface area contributed by atoms with Crippen molar-refractivity contribution in [2.45, 2.75) is 6.61 Å². The Morgan fingerprint density at radius 2 is 1.84 bits per heavy atom. The number of hydrogen-bond acceptors (Lipinski definition) is 5. The van der Waals surface area contributed by atoms with E-state index in [2.05, 4.69) is 4.99 Å². The van der Waals surface area contributed by atoms with E-state index in [4.69, 9.17) is 25.8 Å². The molecule has 0 amide bonds. The second-order valence-corrected chi connectivity index (χ2v) is 7.01. The molecule has 5 nitrogen and oxygen atoms in total. The van der Waals surface area contributed by atoms with Gasteiger partial charge in [0, 0.05) is 10.6 Å². The molecule has 1 aliphatic heterocycles.